The van der Waals surface area contributed by atoms with E-state index in [0.29, 0.717) is 23.2 Å². The van der Waals surface area contributed by atoms with Crippen LogP contribution in [-0.2, 0) is 9.59 Å². The fourth-order valence-electron chi connectivity index (χ4n) is 4.99. The number of aliphatic carboxylic acids is 1. The molecule has 38 heavy (non-hydrogen) atoms. The van der Waals surface area contributed by atoms with Crippen LogP contribution < -0.4 is 5.32 Å². The second-order valence-electron chi connectivity index (χ2n) is 8.70. The highest BCUT2D eigenvalue weighted by atomic mass is 16.4. The minimum Gasteiger partial charge on any atom is -0.481 e. The molecule has 0 radical (unpaired) electrons. The van der Waals surface area contributed by atoms with Crippen LogP contribution in [0.4, 0.5) is 0 Å². The highest BCUT2D eigenvalue weighted by Gasteiger charge is 2.37. The number of fused-ring (bicyclic) bond motifs is 3. The molecule has 0 amide bonds. The van der Waals surface area contributed by atoms with E-state index in [4.69, 9.17) is 19.7 Å². The first-order chi connectivity index (χ1) is 17.8. The van der Waals surface area contributed by atoms with Gasteiger partial charge < -0.3 is 15.2 Å². The molecule has 2 N–H and O–H groups in total. The van der Waals surface area contributed by atoms with Gasteiger partial charge in [0.05, 0.1) is 11.9 Å². The van der Waals surface area contributed by atoms with Crippen molar-refractivity contribution in [2.24, 2.45) is 4.99 Å². The molecule has 3 aliphatic rings. The van der Waals surface area contributed by atoms with Crippen molar-refractivity contribution in [3.8, 4) is 0 Å². The summed E-state index contributed by atoms with van der Waals surface area (Å²) in [5.41, 5.74) is 3.87. The van der Waals surface area contributed by atoms with Gasteiger partial charge in [-0.05, 0) is 41.1 Å². The quantitative estimate of drug-likeness (QED) is 0.218. The summed E-state index contributed by atoms with van der Waals surface area (Å²) in [6.07, 6.45) is 0.750. The number of rotatable bonds is 0. The lowest BCUT2D eigenvalue weighted by Gasteiger charge is -2.10. The molecule has 4 aromatic carbocycles. The highest BCUT2D eigenvalue weighted by Crippen LogP contribution is 2.48. The van der Waals surface area contributed by atoms with Gasteiger partial charge in [-0.1, -0.05) is 80.2 Å². The molecule has 4 aromatic rings. The normalized spacial score (nSPS) is 16.9. The first-order valence-corrected chi connectivity index (χ1v) is 11.8. The van der Waals surface area contributed by atoms with Crippen LogP contribution in [0.2, 0.25) is 0 Å². The van der Waals surface area contributed by atoms with Crippen molar-refractivity contribution in [2.75, 3.05) is 0 Å². The largest absolute Gasteiger partial charge is 0.481 e. The average molecular weight is 511 g/mol. The number of amidine groups is 1. The number of nitrogens with zero attached hydrogens (tertiary/aromatic N) is 1. The predicted molar refractivity (Wildman–Crippen MR) is 150 cm³/mol. The molecule has 1 heterocycles. The zero-order valence-electron chi connectivity index (χ0n) is 20.7. The zero-order chi connectivity index (χ0) is 26.7. The van der Waals surface area contributed by atoms with E-state index in [1.807, 2.05) is 19.1 Å². The van der Waals surface area contributed by atoms with E-state index < -0.39 is 5.97 Å². The third kappa shape index (κ3) is 5.09. The van der Waals surface area contributed by atoms with Gasteiger partial charge in [-0.25, -0.2) is 0 Å². The number of nitrogens with one attached hydrogen (secondary N) is 1. The molecule has 2 unspecified atom stereocenters. The molecule has 0 spiro atoms. The van der Waals surface area contributed by atoms with Crippen LogP contribution in [0.25, 0.3) is 21.5 Å². The van der Waals surface area contributed by atoms with Gasteiger partial charge in [0.25, 0.3) is 5.97 Å². The predicted octanol–water partition coefficient (Wildman–Crippen LogP) is 6.11. The third-order valence-electron chi connectivity index (χ3n) is 6.24. The fraction of sp³-hybridized carbons (Fsp3) is 0.194. The number of hydrogen-bond acceptors (Lipinski definition) is 6. The zero-order valence-corrected chi connectivity index (χ0v) is 20.7. The Hall–Kier alpha value is -4.65. The van der Waals surface area contributed by atoms with Crippen LogP contribution in [0.5, 0.6) is 0 Å². The van der Waals surface area contributed by atoms with Crippen molar-refractivity contribution in [3.05, 3.63) is 95.1 Å². The van der Waals surface area contributed by atoms with Crippen LogP contribution in [0.15, 0.2) is 77.8 Å². The van der Waals surface area contributed by atoms with Crippen molar-refractivity contribution >= 4 is 51.2 Å². The van der Waals surface area contributed by atoms with E-state index in [1.54, 1.807) is 24.3 Å². The lowest BCUT2D eigenvalue weighted by atomic mass is 10.0. The molecular weight excluding hydrogens is 480 g/mol. The lowest BCUT2D eigenvalue weighted by Crippen LogP contribution is -2.19. The number of carbonyl (C=O) groups excluding carboxylic acids is 3. The van der Waals surface area contributed by atoms with Gasteiger partial charge >= 0.3 is 0 Å². The molecule has 7 rings (SSSR count). The van der Waals surface area contributed by atoms with Gasteiger partial charge in [0, 0.05) is 23.4 Å². The summed E-state index contributed by atoms with van der Waals surface area (Å²) in [7, 11) is 0. The van der Waals surface area contributed by atoms with Crippen molar-refractivity contribution in [1.29, 1.82) is 0 Å². The molecule has 1 aliphatic heterocycles. The summed E-state index contributed by atoms with van der Waals surface area (Å²) in [6, 6.07) is 24.6. The number of carbonyl (C=O) groups is 4. The monoisotopic (exact) mass is 510 g/mol. The summed E-state index contributed by atoms with van der Waals surface area (Å²) < 4.78 is 0. The number of carboxylic acids is 1. The van der Waals surface area contributed by atoms with E-state index in [1.165, 1.54) is 28.8 Å². The lowest BCUT2D eigenvalue weighted by molar-refractivity contribution is -0.134. The van der Waals surface area contributed by atoms with Gasteiger partial charge in [-0.2, -0.15) is 0 Å². The Morgan fingerprint density at radius 3 is 1.76 bits per heavy atom. The van der Waals surface area contributed by atoms with E-state index in [0.717, 1.165) is 29.8 Å². The number of benzene rings is 4. The van der Waals surface area contributed by atoms with Gasteiger partial charge in [-0.3, -0.25) is 19.4 Å². The van der Waals surface area contributed by atoms with E-state index in [2.05, 4.69) is 41.7 Å². The van der Waals surface area contributed by atoms with Crippen LogP contribution >= 0.6 is 0 Å². The second-order valence-corrected chi connectivity index (χ2v) is 8.70. The SMILES string of the molecule is C.CC(=O)O.CC1=NC2c3cccc4cccc(c34)C2N1.CC=O.O=C1C(=O)c2cccc3cccc1c23. The van der Waals surface area contributed by atoms with Crippen LogP contribution in [-0.4, -0.2) is 34.8 Å². The van der Waals surface area contributed by atoms with Gasteiger partial charge in [0.2, 0.25) is 11.6 Å². The number of ketones is 2. The standard InChI is InChI=1S/C14H12N2.C12H6O2.C2H4O2.C2H4O.CH4/c1-8-15-13-10-6-2-4-9-5-3-7-11(12(9)10)14(13)16-8;13-11-8-5-1-3-7-4-2-6-9(10(7)8)12(11)14;1-2(3)4;1-2-3;/h2-7,13-14H,1H3,(H,15,16);1-6H;1H3,(H,3,4);2H,1H3;1H4. The Morgan fingerprint density at radius 2 is 1.26 bits per heavy atom. The van der Waals surface area contributed by atoms with Crippen molar-refractivity contribution in [2.45, 2.75) is 40.3 Å². The molecule has 0 fully saturated rings. The Labute approximate surface area is 221 Å². The fourth-order valence-corrected chi connectivity index (χ4v) is 4.99. The summed E-state index contributed by atoms with van der Waals surface area (Å²) in [5, 5.41) is 15.4. The minimum atomic E-state index is -0.833. The summed E-state index contributed by atoms with van der Waals surface area (Å²) >= 11 is 0. The molecule has 7 nitrogen and oxygen atoms in total. The summed E-state index contributed by atoms with van der Waals surface area (Å²) in [5.74, 6) is -0.532. The van der Waals surface area contributed by atoms with Gasteiger partial charge in [0.15, 0.2) is 0 Å². The molecule has 0 saturated carbocycles. The van der Waals surface area contributed by atoms with Crippen LogP contribution in [0.3, 0.4) is 0 Å². The average Bonchev–Trinajstić information content (AvgIpc) is 3.48. The Kier molecular flexibility index (Phi) is 8.53. The Morgan fingerprint density at radius 1 is 0.842 bits per heavy atom. The smallest absolute Gasteiger partial charge is 0.300 e. The van der Waals surface area contributed by atoms with E-state index in [9.17, 15) is 9.59 Å². The molecule has 194 valence electrons. The highest BCUT2D eigenvalue weighted by molar-refractivity contribution is 6.57. The maximum atomic E-state index is 11.5. The Balaban J connectivity index is 0.000000168. The molecule has 2 aliphatic carbocycles. The van der Waals surface area contributed by atoms with E-state index in [-0.39, 0.29) is 19.0 Å². The summed E-state index contributed by atoms with van der Waals surface area (Å²) in [4.78, 5) is 45.6. The maximum Gasteiger partial charge on any atom is 0.300 e. The maximum absolute atomic E-state index is 11.5. The summed E-state index contributed by atoms with van der Waals surface area (Å²) in [6.45, 7) is 4.57. The van der Waals surface area contributed by atoms with Gasteiger partial charge in [-0.15, -0.1) is 0 Å². The minimum absolute atomic E-state index is 0. The van der Waals surface area contributed by atoms with Crippen molar-refractivity contribution in [1.82, 2.24) is 5.32 Å². The van der Waals surface area contributed by atoms with E-state index >= 15 is 0 Å². The Bertz CT molecular complexity index is 1530. The first-order valence-electron chi connectivity index (χ1n) is 11.8. The molecule has 0 bridgehead atoms. The molecule has 0 saturated heterocycles. The van der Waals surface area contributed by atoms with Crippen molar-refractivity contribution < 1.29 is 24.3 Å². The number of Topliss-reactive ketones (excluding diaryl/α,β-unsaturated/α-hetero) is 2. The molecule has 0 aromatic heterocycles. The number of hydrogen-bond donors (Lipinski definition) is 2. The third-order valence-corrected chi connectivity index (χ3v) is 6.24. The topological polar surface area (TPSA) is 113 Å². The van der Waals surface area contributed by atoms with Crippen LogP contribution in [0.1, 0.15) is 72.1 Å². The van der Waals surface area contributed by atoms with Gasteiger partial charge in [0.1, 0.15) is 12.3 Å². The first kappa shape index (κ1) is 27.9. The second kappa shape index (κ2) is 11.6. The van der Waals surface area contributed by atoms with Crippen LogP contribution in [0, 0.1) is 0 Å². The number of carboxylic acid groups (broad SMARTS) is 1. The molecular formula is C31H30N2O5. The van der Waals surface area contributed by atoms with Crippen molar-refractivity contribution in [3.63, 3.8) is 0 Å². The molecule has 7 heteroatoms. The number of aldehydes is 1. The number of aliphatic imine (C=N–C) groups is 1. The molecule has 2 atom stereocenters.